The van der Waals surface area contributed by atoms with Gasteiger partial charge in [0.15, 0.2) is 0 Å². The first-order chi connectivity index (χ1) is 6.93. The van der Waals surface area contributed by atoms with E-state index in [-0.39, 0.29) is 18.7 Å². The van der Waals surface area contributed by atoms with Gasteiger partial charge in [-0.15, -0.1) is 0 Å². The van der Waals surface area contributed by atoms with Crippen molar-refractivity contribution in [2.45, 2.75) is 39.2 Å². The highest BCUT2D eigenvalue weighted by Crippen LogP contribution is 1.98. The molecule has 5 heteroatoms. The van der Waals surface area contributed by atoms with Gasteiger partial charge in [-0.25, -0.2) is 0 Å². The molecule has 15 heavy (non-hydrogen) atoms. The monoisotopic (exact) mass is 216 g/mol. The average Bonchev–Trinajstić information content (AvgIpc) is 2.13. The smallest absolute Gasteiger partial charge is 0.303 e. The van der Waals surface area contributed by atoms with Crippen LogP contribution in [0.1, 0.15) is 33.1 Å². The van der Waals surface area contributed by atoms with Crippen LogP contribution in [-0.4, -0.2) is 29.6 Å². The molecule has 1 unspecified atom stereocenters. The second-order valence-electron chi connectivity index (χ2n) is 4.01. The zero-order chi connectivity index (χ0) is 11.8. The number of rotatable bonds is 7. The molecule has 0 aliphatic heterocycles. The summed E-state index contributed by atoms with van der Waals surface area (Å²) in [5.41, 5.74) is 5.51. The number of carbonyl (C=O) groups excluding carboxylic acids is 1. The van der Waals surface area contributed by atoms with Crippen molar-refractivity contribution < 1.29 is 14.7 Å². The van der Waals surface area contributed by atoms with Crippen LogP contribution in [0.25, 0.3) is 0 Å². The first-order valence-electron chi connectivity index (χ1n) is 5.18. The van der Waals surface area contributed by atoms with Crippen LogP contribution in [0.4, 0.5) is 0 Å². The van der Waals surface area contributed by atoms with Crippen molar-refractivity contribution in [1.82, 2.24) is 5.32 Å². The van der Waals surface area contributed by atoms with Gasteiger partial charge in [-0.3, -0.25) is 9.59 Å². The molecule has 4 N–H and O–H groups in total. The van der Waals surface area contributed by atoms with E-state index in [1.54, 1.807) is 0 Å². The molecule has 0 aromatic carbocycles. The second kappa shape index (κ2) is 7.23. The Bertz CT molecular complexity index is 217. The Morgan fingerprint density at radius 1 is 1.33 bits per heavy atom. The Hall–Kier alpha value is -1.10. The van der Waals surface area contributed by atoms with E-state index in [1.807, 2.05) is 0 Å². The average molecular weight is 216 g/mol. The molecule has 0 saturated heterocycles. The Balaban J connectivity index is 3.64. The van der Waals surface area contributed by atoms with Crippen molar-refractivity contribution >= 4 is 11.9 Å². The van der Waals surface area contributed by atoms with Gasteiger partial charge in [-0.1, -0.05) is 13.8 Å². The number of nitrogens with two attached hydrogens (primary N) is 1. The number of carboxylic acid groups (broad SMARTS) is 1. The van der Waals surface area contributed by atoms with Crippen molar-refractivity contribution in [2.24, 2.45) is 11.7 Å². The maximum atomic E-state index is 11.3. The summed E-state index contributed by atoms with van der Waals surface area (Å²) in [5, 5.41) is 11.1. The van der Waals surface area contributed by atoms with Crippen molar-refractivity contribution in [2.75, 3.05) is 6.54 Å². The molecule has 1 atom stereocenters. The van der Waals surface area contributed by atoms with E-state index in [1.165, 1.54) is 0 Å². The molecule has 0 aliphatic carbocycles. The lowest BCUT2D eigenvalue weighted by Crippen LogP contribution is -2.41. The number of hydrogen-bond donors (Lipinski definition) is 3. The molecule has 0 heterocycles. The molecular weight excluding hydrogens is 196 g/mol. The van der Waals surface area contributed by atoms with Gasteiger partial charge in [-0.2, -0.15) is 0 Å². The summed E-state index contributed by atoms with van der Waals surface area (Å²) in [7, 11) is 0. The van der Waals surface area contributed by atoms with E-state index in [4.69, 9.17) is 10.8 Å². The van der Waals surface area contributed by atoms with Gasteiger partial charge < -0.3 is 16.2 Å². The van der Waals surface area contributed by atoms with Gasteiger partial charge in [0.2, 0.25) is 5.91 Å². The Labute approximate surface area is 90.0 Å². The van der Waals surface area contributed by atoms with Crippen LogP contribution in [0, 0.1) is 5.92 Å². The molecule has 1 amide bonds. The summed E-state index contributed by atoms with van der Waals surface area (Å²) in [6.45, 7) is 4.73. The largest absolute Gasteiger partial charge is 0.481 e. The molecule has 0 radical (unpaired) electrons. The first kappa shape index (κ1) is 13.9. The number of carboxylic acids is 1. The van der Waals surface area contributed by atoms with Crippen molar-refractivity contribution in [3.63, 3.8) is 0 Å². The highest BCUT2D eigenvalue weighted by atomic mass is 16.4. The summed E-state index contributed by atoms with van der Waals surface area (Å²) in [6, 6.07) is -0.715. The molecule has 0 aliphatic rings. The van der Waals surface area contributed by atoms with E-state index < -0.39 is 12.0 Å². The maximum absolute atomic E-state index is 11.3. The fourth-order valence-corrected chi connectivity index (χ4v) is 1.03. The quantitative estimate of drug-likeness (QED) is 0.572. The highest BCUT2D eigenvalue weighted by Gasteiger charge is 2.14. The molecular formula is C10H20N2O3. The van der Waals surface area contributed by atoms with Crippen LogP contribution in [-0.2, 0) is 9.59 Å². The summed E-state index contributed by atoms with van der Waals surface area (Å²) in [6.07, 6.45) is 1.01. The number of amides is 1. The predicted octanol–water partition coefficient (Wildman–Crippen LogP) is 0.341. The molecule has 0 saturated carbocycles. The number of aliphatic carboxylic acids is 1. The summed E-state index contributed by atoms with van der Waals surface area (Å²) >= 11 is 0. The van der Waals surface area contributed by atoms with Crippen molar-refractivity contribution in [3.05, 3.63) is 0 Å². The predicted molar refractivity (Wildman–Crippen MR) is 57.3 cm³/mol. The normalized spacial score (nSPS) is 12.5. The number of nitrogens with one attached hydrogen (secondary N) is 1. The zero-order valence-electron chi connectivity index (χ0n) is 9.32. The van der Waals surface area contributed by atoms with Crippen molar-refractivity contribution in [1.29, 1.82) is 0 Å². The lowest BCUT2D eigenvalue weighted by molar-refractivity contribution is -0.137. The fraction of sp³-hybridized carbons (Fsp3) is 0.800. The second-order valence-corrected chi connectivity index (χ2v) is 4.01. The number of hydrogen-bond acceptors (Lipinski definition) is 3. The summed E-state index contributed by atoms with van der Waals surface area (Å²) < 4.78 is 0. The third-order valence-corrected chi connectivity index (χ3v) is 2.03. The van der Waals surface area contributed by atoms with Crippen LogP contribution < -0.4 is 11.1 Å². The zero-order valence-corrected chi connectivity index (χ0v) is 9.32. The van der Waals surface area contributed by atoms with Gasteiger partial charge in [-0.05, 0) is 18.8 Å². The van der Waals surface area contributed by atoms with Crippen LogP contribution in [0.5, 0.6) is 0 Å². The molecule has 0 aromatic heterocycles. The third-order valence-electron chi connectivity index (χ3n) is 2.03. The highest BCUT2D eigenvalue weighted by molar-refractivity contribution is 5.82. The minimum Gasteiger partial charge on any atom is -0.481 e. The van der Waals surface area contributed by atoms with Gasteiger partial charge in [0.1, 0.15) is 0 Å². The maximum Gasteiger partial charge on any atom is 0.303 e. The van der Waals surface area contributed by atoms with Gasteiger partial charge >= 0.3 is 5.97 Å². The lowest BCUT2D eigenvalue weighted by atomic mass is 10.1. The minimum atomic E-state index is -0.930. The summed E-state index contributed by atoms with van der Waals surface area (Å²) in [4.78, 5) is 21.6. The fourth-order valence-electron chi connectivity index (χ4n) is 1.03. The van der Waals surface area contributed by atoms with Gasteiger partial charge in [0.25, 0.3) is 0 Å². The molecule has 0 bridgehead atoms. The topological polar surface area (TPSA) is 92.4 Å². The molecule has 0 spiro atoms. The Morgan fingerprint density at radius 3 is 2.40 bits per heavy atom. The molecule has 88 valence electrons. The summed E-state index contributed by atoms with van der Waals surface area (Å²) in [5.74, 6) is -0.669. The SMILES string of the molecule is CC(C)CCNC(=O)C(N)CCC(=O)O. The van der Waals surface area contributed by atoms with E-state index in [2.05, 4.69) is 19.2 Å². The van der Waals surface area contributed by atoms with Crippen LogP contribution >= 0.6 is 0 Å². The first-order valence-corrected chi connectivity index (χ1v) is 5.18. The molecule has 5 nitrogen and oxygen atoms in total. The Kier molecular flexibility index (Phi) is 6.70. The van der Waals surface area contributed by atoms with E-state index in [0.717, 1.165) is 6.42 Å². The van der Waals surface area contributed by atoms with Gasteiger partial charge in [0, 0.05) is 13.0 Å². The molecule has 0 rings (SSSR count). The number of carbonyl (C=O) groups is 2. The third kappa shape index (κ3) is 7.93. The Morgan fingerprint density at radius 2 is 1.93 bits per heavy atom. The van der Waals surface area contributed by atoms with Crippen LogP contribution in [0.3, 0.4) is 0 Å². The van der Waals surface area contributed by atoms with Gasteiger partial charge in [0.05, 0.1) is 6.04 Å². The van der Waals surface area contributed by atoms with E-state index in [9.17, 15) is 9.59 Å². The van der Waals surface area contributed by atoms with Crippen LogP contribution in [0.15, 0.2) is 0 Å². The lowest BCUT2D eigenvalue weighted by Gasteiger charge is -2.11. The van der Waals surface area contributed by atoms with E-state index >= 15 is 0 Å². The van der Waals surface area contributed by atoms with E-state index in [0.29, 0.717) is 12.5 Å². The van der Waals surface area contributed by atoms with Crippen molar-refractivity contribution in [3.8, 4) is 0 Å². The molecule has 0 fully saturated rings. The minimum absolute atomic E-state index is 0.0707. The molecule has 0 aromatic rings. The van der Waals surface area contributed by atoms with Crippen LogP contribution in [0.2, 0.25) is 0 Å². The standard InChI is InChI=1S/C10H20N2O3/c1-7(2)5-6-12-10(15)8(11)3-4-9(13)14/h7-8H,3-6,11H2,1-2H3,(H,12,15)(H,13,14).